The van der Waals surface area contributed by atoms with E-state index in [0.29, 0.717) is 0 Å². The van der Waals surface area contributed by atoms with Crippen LogP contribution in [0.4, 0.5) is 13.2 Å². The highest BCUT2D eigenvalue weighted by atomic mass is 127. The molecule has 0 amide bonds. The predicted molar refractivity (Wildman–Crippen MR) is 53.3 cm³/mol. The molecule has 0 saturated heterocycles. The summed E-state index contributed by atoms with van der Waals surface area (Å²) in [6.45, 7) is 0. The van der Waals surface area contributed by atoms with E-state index >= 15 is 0 Å². The van der Waals surface area contributed by atoms with Gasteiger partial charge in [-0.1, -0.05) is 0 Å². The molecule has 4 nitrogen and oxygen atoms in total. The first kappa shape index (κ1) is 12.6. The molecule has 15 heavy (non-hydrogen) atoms. The van der Waals surface area contributed by atoms with Gasteiger partial charge in [-0.15, -0.1) is 0 Å². The number of primary sulfonamides is 1. The van der Waals surface area contributed by atoms with E-state index in [0.717, 1.165) is 12.1 Å². The van der Waals surface area contributed by atoms with Gasteiger partial charge in [-0.05, 0) is 34.7 Å². The lowest BCUT2D eigenvalue weighted by Gasteiger charge is -2.07. The molecular formula is C6H4F3IN2O2S. The zero-order chi connectivity index (χ0) is 11.9. The third kappa shape index (κ3) is 3.28. The van der Waals surface area contributed by atoms with Gasteiger partial charge < -0.3 is 0 Å². The second-order valence-electron chi connectivity index (χ2n) is 2.55. The molecule has 1 aromatic rings. The normalized spacial score (nSPS) is 12.9. The Bertz CT molecular complexity index is 486. The monoisotopic (exact) mass is 352 g/mol. The average Bonchev–Trinajstić information content (AvgIpc) is 1.99. The molecule has 0 saturated carbocycles. The van der Waals surface area contributed by atoms with Crippen LogP contribution in [0.25, 0.3) is 0 Å². The maximum Gasteiger partial charge on any atom is 0.433 e. The molecule has 1 rings (SSSR count). The molecule has 0 aliphatic heterocycles. The average molecular weight is 352 g/mol. The number of alkyl halides is 3. The van der Waals surface area contributed by atoms with Crippen LogP contribution in [-0.4, -0.2) is 13.4 Å². The first-order valence-electron chi connectivity index (χ1n) is 3.38. The van der Waals surface area contributed by atoms with Crippen molar-refractivity contribution >= 4 is 32.6 Å². The van der Waals surface area contributed by atoms with E-state index in [4.69, 9.17) is 0 Å². The minimum absolute atomic E-state index is 0.0963. The molecule has 0 aliphatic rings. The lowest BCUT2D eigenvalue weighted by molar-refractivity contribution is -0.141. The second kappa shape index (κ2) is 3.87. The summed E-state index contributed by atoms with van der Waals surface area (Å²) < 4.78 is 58.4. The van der Waals surface area contributed by atoms with Gasteiger partial charge in [-0.2, -0.15) is 13.2 Å². The summed E-state index contributed by atoms with van der Waals surface area (Å²) >= 11 is 1.55. The van der Waals surface area contributed by atoms with Gasteiger partial charge in [-0.25, -0.2) is 18.5 Å². The summed E-state index contributed by atoms with van der Waals surface area (Å²) in [5.41, 5.74) is -1.28. The number of sulfonamides is 1. The number of hydrogen-bond donors (Lipinski definition) is 1. The van der Waals surface area contributed by atoms with E-state index < -0.39 is 26.9 Å². The van der Waals surface area contributed by atoms with E-state index in [2.05, 4.69) is 10.1 Å². The first-order valence-corrected chi connectivity index (χ1v) is 6.01. The molecule has 84 valence electrons. The quantitative estimate of drug-likeness (QED) is 0.776. The molecular weight excluding hydrogens is 348 g/mol. The van der Waals surface area contributed by atoms with Crippen molar-refractivity contribution < 1.29 is 21.6 Å². The van der Waals surface area contributed by atoms with Crippen molar-refractivity contribution in [1.82, 2.24) is 4.98 Å². The smallest absolute Gasteiger partial charge is 0.230 e. The van der Waals surface area contributed by atoms with E-state index in [1.165, 1.54) is 0 Å². The summed E-state index contributed by atoms with van der Waals surface area (Å²) in [5, 5.41) is 3.89. The van der Waals surface area contributed by atoms with Gasteiger partial charge in [0, 0.05) is 3.57 Å². The van der Waals surface area contributed by atoms with Gasteiger partial charge in [0.2, 0.25) is 0 Å². The fourth-order valence-electron chi connectivity index (χ4n) is 0.764. The summed E-state index contributed by atoms with van der Waals surface area (Å²) in [6.07, 6.45) is -4.69. The topological polar surface area (TPSA) is 73.1 Å². The lowest BCUT2D eigenvalue weighted by atomic mass is 10.3. The fraction of sp³-hybridized carbons (Fsp3) is 0.167. The second-order valence-corrected chi connectivity index (χ2v) is 5.31. The molecule has 9 heteroatoms. The molecule has 0 radical (unpaired) electrons. The Morgan fingerprint density at radius 2 is 1.87 bits per heavy atom. The van der Waals surface area contributed by atoms with Gasteiger partial charge in [0.1, 0.15) is 5.69 Å². The zero-order valence-electron chi connectivity index (χ0n) is 6.92. The van der Waals surface area contributed by atoms with Crippen molar-refractivity contribution in [3.05, 3.63) is 21.4 Å². The van der Waals surface area contributed by atoms with Crippen LogP contribution in [0.3, 0.4) is 0 Å². The fourth-order valence-corrected chi connectivity index (χ4v) is 2.08. The number of pyridine rings is 1. The van der Waals surface area contributed by atoms with Crippen molar-refractivity contribution in [2.24, 2.45) is 5.14 Å². The van der Waals surface area contributed by atoms with E-state index in [9.17, 15) is 21.6 Å². The van der Waals surface area contributed by atoms with Crippen molar-refractivity contribution in [1.29, 1.82) is 0 Å². The van der Waals surface area contributed by atoms with Gasteiger partial charge in [0.05, 0.1) is 0 Å². The van der Waals surface area contributed by atoms with Crippen LogP contribution in [0, 0.1) is 3.57 Å². The molecule has 1 aromatic heterocycles. The largest absolute Gasteiger partial charge is 0.433 e. The minimum Gasteiger partial charge on any atom is -0.230 e. The van der Waals surface area contributed by atoms with E-state index in [1.807, 2.05) is 0 Å². The number of nitrogens with two attached hydrogens (primary N) is 1. The number of aromatic nitrogens is 1. The Morgan fingerprint density at radius 1 is 1.33 bits per heavy atom. The maximum atomic E-state index is 12.2. The van der Waals surface area contributed by atoms with Gasteiger partial charge in [0.15, 0.2) is 5.03 Å². The highest BCUT2D eigenvalue weighted by Gasteiger charge is 2.34. The Morgan fingerprint density at radius 3 is 2.27 bits per heavy atom. The highest BCUT2D eigenvalue weighted by molar-refractivity contribution is 14.1. The molecule has 0 unspecified atom stereocenters. The van der Waals surface area contributed by atoms with Crippen molar-refractivity contribution in [2.45, 2.75) is 11.2 Å². The Hall–Kier alpha value is -0.420. The molecule has 0 atom stereocenters. The van der Waals surface area contributed by atoms with Crippen molar-refractivity contribution in [3.8, 4) is 0 Å². The summed E-state index contributed by atoms with van der Waals surface area (Å²) in [7, 11) is -4.22. The standard InChI is InChI=1S/C6H4F3IN2O2S/c7-6(8,9)4-1-3(10)2-5(12-4)15(11,13)14/h1-2H,(H2,11,13,14). The number of hydrogen-bond acceptors (Lipinski definition) is 3. The number of nitrogens with zero attached hydrogens (tertiary/aromatic N) is 1. The third-order valence-electron chi connectivity index (χ3n) is 1.35. The molecule has 2 N–H and O–H groups in total. The van der Waals surface area contributed by atoms with Crippen LogP contribution in [0.5, 0.6) is 0 Å². The predicted octanol–water partition coefficient (Wildman–Crippen LogP) is 1.35. The molecule has 0 aromatic carbocycles. The molecule has 1 heterocycles. The minimum atomic E-state index is -4.69. The van der Waals surface area contributed by atoms with E-state index in [1.54, 1.807) is 22.6 Å². The van der Waals surface area contributed by atoms with Gasteiger partial charge in [-0.3, -0.25) is 0 Å². The lowest BCUT2D eigenvalue weighted by Crippen LogP contribution is -2.17. The Balaban J connectivity index is 3.43. The van der Waals surface area contributed by atoms with Gasteiger partial charge in [0.25, 0.3) is 10.0 Å². The SMILES string of the molecule is NS(=O)(=O)c1cc(I)cc(C(F)(F)F)n1. The number of halogens is 4. The molecule has 0 spiro atoms. The Kier molecular flexibility index (Phi) is 3.26. The van der Waals surface area contributed by atoms with Crippen LogP contribution in [0.2, 0.25) is 0 Å². The van der Waals surface area contributed by atoms with Crippen LogP contribution < -0.4 is 5.14 Å². The molecule has 0 aliphatic carbocycles. The summed E-state index contributed by atoms with van der Waals surface area (Å²) in [4.78, 5) is 2.93. The molecule has 0 fully saturated rings. The first-order chi connectivity index (χ1) is 6.60. The van der Waals surface area contributed by atoms with Gasteiger partial charge >= 0.3 is 6.18 Å². The molecule has 0 bridgehead atoms. The van der Waals surface area contributed by atoms with Crippen molar-refractivity contribution in [3.63, 3.8) is 0 Å². The maximum absolute atomic E-state index is 12.2. The third-order valence-corrected chi connectivity index (χ3v) is 2.76. The van der Waals surface area contributed by atoms with Crippen LogP contribution in [-0.2, 0) is 16.2 Å². The van der Waals surface area contributed by atoms with Crippen LogP contribution >= 0.6 is 22.6 Å². The summed E-state index contributed by atoms with van der Waals surface area (Å²) in [5.74, 6) is 0. The van der Waals surface area contributed by atoms with E-state index in [-0.39, 0.29) is 3.57 Å². The summed E-state index contributed by atoms with van der Waals surface area (Å²) in [6, 6.07) is 1.69. The highest BCUT2D eigenvalue weighted by Crippen LogP contribution is 2.29. The Labute approximate surface area is 96.9 Å². The van der Waals surface area contributed by atoms with Crippen molar-refractivity contribution in [2.75, 3.05) is 0 Å². The van der Waals surface area contributed by atoms with Crippen LogP contribution in [0.15, 0.2) is 17.2 Å². The number of rotatable bonds is 1. The zero-order valence-corrected chi connectivity index (χ0v) is 9.89. The van der Waals surface area contributed by atoms with Crippen LogP contribution in [0.1, 0.15) is 5.69 Å².